The lowest BCUT2D eigenvalue weighted by molar-refractivity contribution is 0.438. The summed E-state index contributed by atoms with van der Waals surface area (Å²) >= 11 is 0. The Kier molecular flexibility index (Phi) is 4.11. The molecule has 4 rings (SSSR count). The van der Waals surface area contributed by atoms with E-state index in [0.29, 0.717) is 10.9 Å². The van der Waals surface area contributed by atoms with Crippen molar-refractivity contribution < 1.29 is 0 Å². The highest BCUT2D eigenvalue weighted by atomic mass is 16.1. The number of fused-ring (bicyclic) bond motifs is 1. The fourth-order valence-corrected chi connectivity index (χ4v) is 3.51. The van der Waals surface area contributed by atoms with Crippen molar-refractivity contribution in [2.24, 2.45) is 13.0 Å². The molecule has 3 aromatic rings. The number of pyridine rings is 1. The summed E-state index contributed by atoms with van der Waals surface area (Å²) in [4.78, 5) is 23.4. The van der Waals surface area contributed by atoms with E-state index in [4.69, 9.17) is 5.73 Å². The molecule has 1 aliphatic rings. The van der Waals surface area contributed by atoms with Gasteiger partial charge in [0.05, 0.1) is 17.5 Å². The van der Waals surface area contributed by atoms with Gasteiger partial charge < -0.3 is 15.2 Å². The molecule has 0 spiro atoms. The first kappa shape index (κ1) is 16.6. The average Bonchev–Trinajstić information content (AvgIpc) is 2.65. The SMILES string of the molecule is CC1CCN(c2ccc(-c3cc4ncn(C)c(=O)c4c(N)n3)cc2)CC1. The molecule has 1 fully saturated rings. The number of hydrogen-bond acceptors (Lipinski definition) is 5. The molecular weight excluding hydrogens is 326 g/mol. The van der Waals surface area contributed by atoms with Gasteiger partial charge in [-0.1, -0.05) is 19.1 Å². The van der Waals surface area contributed by atoms with Crippen LogP contribution >= 0.6 is 0 Å². The topological polar surface area (TPSA) is 77.0 Å². The molecule has 6 nitrogen and oxygen atoms in total. The zero-order chi connectivity index (χ0) is 18.3. The lowest BCUT2D eigenvalue weighted by Crippen LogP contribution is -2.32. The van der Waals surface area contributed by atoms with Crippen LogP contribution in [0.5, 0.6) is 0 Å². The average molecular weight is 349 g/mol. The Morgan fingerprint density at radius 2 is 1.85 bits per heavy atom. The molecular formula is C20H23N5O. The molecule has 0 unspecified atom stereocenters. The molecule has 1 aromatic carbocycles. The van der Waals surface area contributed by atoms with E-state index in [2.05, 4.69) is 46.1 Å². The number of anilines is 2. The zero-order valence-electron chi connectivity index (χ0n) is 15.1. The Balaban J connectivity index is 1.67. The van der Waals surface area contributed by atoms with Gasteiger partial charge in [-0.15, -0.1) is 0 Å². The molecule has 0 atom stereocenters. The fraction of sp³-hybridized carbons (Fsp3) is 0.350. The van der Waals surface area contributed by atoms with Crippen LogP contribution in [0.15, 0.2) is 41.5 Å². The molecule has 0 saturated carbocycles. The van der Waals surface area contributed by atoms with Crippen molar-refractivity contribution in [1.29, 1.82) is 0 Å². The molecule has 3 heterocycles. The Bertz CT molecular complexity index is 1000. The fourth-order valence-electron chi connectivity index (χ4n) is 3.51. The van der Waals surface area contributed by atoms with Gasteiger partial charge in [-0.2, -0.15) is 0 Å². The van der Waals surface area contributed by atoms with Crippen molar-refractivity contribution in [3.8, 4) is 11.3 Å². The van der Waals surface area contributed by atoms with Gasteiger partial charge in [0.25, 0.3) is 5.56 Å². The maximum absolute atomic E-state index is 12.2. The highest BCUT2D eigenvalue weighted by molar-refractivity contribution is 5.90. The van der Waals surface area contributed by atoms with E-state index in [0.717, 1.165) is 30.3 Å². The molecule has 2 aromatic heterocycles. The van der Waals surface area contributed by atoms with Crippen LogP contribution in [0.25, 0.3) is 22.2 Å². The van der Waals surface area contributed by atoms with Gasteiger partial charge in [0.1, 0.15) is 11.2 Å². The van der Waals surface area contributed by atoms with Gasteiger partial charge in [0, 0.05) is 31.4 Å². The van der Waals surface area contributed by atoms with Gasteiger partial charge in [-0.25, -0.2) is 9.97 Å². The molecule has 26 heavy (non-hydrogen) atoms. The van der Waals surface area contributed by atoms with Crippen molar-refractivity contribution in [3.05, 3.63) is 47.0 Å². The molecule has 134 valence electrons. The Hall–Kier alpha value is -2.89. The van der Waals surface area contributed by atoms with E-state index in [1.165, 1.54) is 29.4 Å². The van der Waals surface area contributed by atoms with Gasteiger partial charge >= 0.3 is 0 Å². The van der Waals surface area contributed by atoms with Gasteiger partial charge in [-0.3, -0.25) is 4.79 Å². The minimum Gasteiger partial charge on any atom is -0.383 e. The van der Waals surface area contributed by atoms with Crippen molar-refractivity contribution in [1.82, 2.24) is 14.5 Å². The molecule has 2 N–H and O–H groups in total. The number of benzene rings is 1. The standard InChI is InChI=1S/C20H23N5O/c1-13-7-9-25(10-8-13)15-5-3-14(4-6-15)16-11-17-18(19(21)23-16)20(26)24(2)12-22-17/h3-6,11-13H,7-10H2,1-2H3,(H2,21,23). The first-order valence-corrected chi connectivity index (χ1v) is 9.00. The Labute approximate surface area is 152 Å². The van der Waals surface area contributed by atoms with Crippen LogP contribution in [-0.4, -0.2) is 27.6 Å². The quantitative estimate of drug-likeness (QED) is 0.770. The predicted molar refractivity (Wildman–Crippen MR) is 105 cm³/mol. The third-order valence-electron chi connectivity index (χ3n) is 5.24. The molecule has 0 amide bonds. The molecule has 1 saturated heterocycles. The molecule has 0 radical (unpaired) electrons. The summed E-state index contributed by atoms with van der Waals surface area (Å²) in [5.74, 6) is 1.04. The van der Waals surface area contributed by atoms with Crippen molar-refractivity contribution in [3.63, 3.8) is 0 Å². The number of nitrogens with zero attached hydrogens (tertiary/aromatic N) is 4. The maximum atomic E-state index is 12.2. The second kappa shape index (κ2) is 6.44. The van der Waals surface area contributed by atoms with E-state index in [1.54, 1.807) is 7.05 Å². The first-order valence-electron chi connectivity index (χ1n) is 9.00. The first-order chi connectivity index (χ1) is 12.5. The summed E-state index contributed by atoms with van der Waals surface area (Å²) in [6, 6.07) is 10.2. The van der Waals surface area contributed by atoms with Gasteiger partial charge in [0.2, 0.25) is 0 Å². The van der Waals surface area contributed by atoms with Gasteiger partial charge in [0.15, 0.2) is 0 Å². The largest absolute Gasteiger partial charge is 0.383 e. The van der Waals surface area contributed by atoms with Crippen LogP contribution in [0.2, 0.25) is 0 Å². The Morgan fingerprint density at radius 1 is 1.15 bits per heavy atom. The van der Waals surface area contributed by atoms with Gasteiger partial charge in [-0.05, 0) is 37.0 Å². The molecule has 0 bridgehead atoms. The number of aromatic nitrogens is 3. The number of rotatable bonds is 2. The third-order valence-corrected chi connectivity index (χ3v) is 5.24. The highest BCUT2D eigenvalue weighted by Crippen LogP contribution is 2.27. The molecule has 6 heteroatoms. The van der Waals surface area contributed by atoms with Crippen LogP contribution in [0.1, 0.15) is 19.8 Å². The summed E-state index contributed by atoms with van der Waals surface area (Å²) < 4.78 is 1.41. The number of aryl methyl sites for hydroxylation is 1. The van der Waals surface area contributed by atoms with Crippen molar-refractivity contribution >= 4 is 22.4 Å². The number of piperidine rings is 1. The second-order valence-corrected chi connectivity index (χ2v) is 7.16. The lowest BCUT2D eigenvalue weighted by Gasteiger charge is -2.32. The minimum atomic E-state index is -0.179. The predicted octanol–water partition coefficient (Wildman–Crippen LogP) is 2.81. The second-order valence-electron chi connectivity index (χ2n) is 7.16. The summed E-state index contributed by atoms with van der Waals surface area (Å²) in [6.07, 6.45) is 3.99. The third kappa shape index (κ3) is 2.92. The monoisotopic (exact) mass is 349 g/mol. The van der Waals surface area contributed by atoms with Crippen LogP contribution in [0.3, 0.4) is 0 Å². The van der Waals surface area contributed by atoms with E-state index < -0.39 is 0 Å². The molecule has 0 aliphatic carbocycles. The molecule has 1 aliphatic heterocycles. The van der Waals surface area contributed by atoms with E-state index in [1.807, 2.05) is 6.07 Å². The smallest absolute Gasteiger partial charge is 0.264 e. The van der Waals surface area contributed by atoms with Crippen LogP contribution in [0, 0.1) is 5.92 Å². The van der Waals surface area contributed by atoms with Crippen LogP contribution in [0.4, 0.5) is 11.5 Å². The van der Waals surface area contributed by atoms with E-state index in [9.17, 15) is 4.79 Å². The van der Waals surface area contributed by atoms with Crippen LogP contribution in [-0.2, 0) is 7.05 Å². The van der Waals surface area contributed by atoms with Crippen molar-refractivity contribution in [2.45, 2.75) is 19.8 Å². The lowest BCUT2D eigenvalue weighted by atomic mass is 9.98. The summed E-state index contributed by atoms with van der Waals surface area (Å²) in [6.45, 7) is 4.53. The van der Waals surface area contributed by atoms with Crippen molar-refractivity contribution in [2.75, 3.05) is 23.7 Å². The van der Waals surface area contributed by atoms with Crippen LogP contribution < -0.4 is 16.2 Å². The summed E-state index contributed by atoms with van der Waals surface area (Å²) in [7, 11) is 1.65. The number of hydrogen-bond donors (Lipinski definition) is 1. The highest BCUT2D eigenvalue weighted by Gasteiger charge is 2.16. The number of nitrogen functional groups attached to an aromatic ring is 1. The normalized spacial score (nSPS) is 15.5. The summed E-state index contributed by atoms with van der Waals surface area (Å²) in [5, 5.41) is 0.373. The Morgan fingerprint density at radius 3 is 2.54 bits per heavy atom. The number of nitrogens with two attached hydrogens (primary N) is 1. The minimum absolute atomic E-state index is 0.179. The zero-order valence-corrected chi connectivity index (χ0v) is 15.1. The van der Waals surface area contributed by atoms with E-state index in [-0.39, 0.29) is 11.4 Å². The van der Waals surface area contributed by atoms with E-state index >= 15 is 0 Å². The maximum Gasteiger partial charge on any atom is 0.264 e. The summed E-state index contributed by atoms with van der Waals surface area (Å²) in [5.41, 5.74) is 9.38.